The lowest BCUT2D eigenvalue weighted by Gasteiger charge is -2.17. The highest BCUT2D eigenvalue weighted by Crippen LogP contribution is 2.25. The van der Waals surface area contributed by atoms with E-state index >= 15 is 0 Å². The van der Waals surface area contributed by atoms with E-state index in [2.05, 4.69) is 10.3 Å². The van der Waals surface area contributed by atoms with E-state index in [1.165, 1.54) is 0 Å². The van der Waals surface area contributed by atoms with E-state index in [-0.39, 0.29) is 5.78 Å². The number of nitrogens with one attached hydrogen (secondary N) is 2. The number of carbonyl (C=O) groups excluding carboxylic acids is 1. The lowest BCUT2D eigenvalue weighted by Crippen LogP contribution is -2.28. The van der Waals surface area contributed by atoms with Crippen molar-refractivity contribution in [3.05, 3.63) is 96.1 Å². The fourth-order valence-electron chi connectivity index (χ4n) is 3.05. The number of ketones is 1. The molecule has 124 valence electrons. The van der Waals surface area contributed by atoms with Crippen molar-refractivity contribution >= 4 is 16.7 Å². The van der Waals surface area contributed by atoms with Crippen LogP contribution in [0.2, 0.25) is 0 Å². The minimum absolute atomic E-state index is 0.0372. The number of aromatic nitrogens is 1. The molecule has 1 atom stereocenters. The number of Topliss-reactive ketones (excluding diaryl/α,β-unsaturated/α-hetero) is 1. The van der Waals surface area contributed by atoms with Gasteiger partial charge in [-0.2, -0.15) is 0 Å². The SMILES string of the molecule is O=C(c1c[nH]c2ccccc12)[C@H](NCc1ccco1)c1ccccc1. The number of hydrogen-bond acceptors (Lipinski definition) is 3. The fourth-order valence-corrected chi connectivity index (χ4v) is 3.05. The van der Waals surface area contributed by atoms with E-state index in [1.54, 1.807) is 12.5 Å². The van der Waals surface area contributed by atoms with Crippen LogP contribution in [-0.4, -0.2) is 10.8 Å². The van der Waals surface area contributed by atoms with Crippen molar-refractivity contribution in [1.29, 1.82) is 0 Å². The molecule has 4 aromatic rings. The van der Waals surface area contributed by atoms with Crippen LogP contribution in [0, 0.1) is 0 Å². The maximum atomic E-state index is 13.3. The maximum absolute atomic E-state index is 13.3. The molecule has 0 unspecified atom stereocenters. The second kappa shape index (κ2) is 6.79. The second-order valence-electron chi connectivity index (χ2n) is 5.92. The molecule has 4 rings (SSSR count). The summed E-state index contributed by atoms with van der Waals surface area (Å²) in [6.07, 6.45) is 3.42. The molecule has 0 aliphatic rings. The van der Waals surface area contributed by atoms with Gasteiger partial charge in [-0.05, 0) is 23.8 Å². The average molecular weight is 330 g/mol. The van der Waals surface area contributed by atoms with Gasteiger partial charge in [0.1, 0.15) is 5.76 Å². The summed E-state index contributed by atoms with van der Waals surface area (Å²) >= 11 is 0. The molecule has 2 heterocycles. The molecule has 4 heteroatoms. The van der Waals surface area contributed by atoms with E-state index in [9.17, 15) is 4.79 Å². The number of furan rings is 1. The summed E-state index contributed by atoms with van der Waals surface area (Å²) in [7, 11) is 0. The molecular formula is C21H18N2O2. The van der Waals surface area contributed by atoms with Crippen LogP contribution < -0.4 is 5.32 Å². The molecule has 0 amide bonds. The molecule has 0 aliphatic heterocycles. The van der Waals surface area contributed by atoms with Crippen molar-refractivity contribution in [2.24, 2.45) is 0 Å². The Bertz CT molecular complexity index is 971. The van der Waals surface area contributed by atoms with Gasteiger partial charge >= 0.3 is 0 Å². The predicted octanol–water partition coefficient (Wildman–Crippen LogP) is 4.47. The van der Waals surface area contributed by atoms with Crippen LogP contribution in [0.25, 0.3) is 10.9 Å². The molecule has 0 saturated carbocycles. The molecule has 0 fully saturated rings. The van der Waals surface area contributed by atoms with Gasteiger partial charge in [0.2, 0.25) is 0 Å². The van der Waals surface area contributed by atoms with Crippen molar-refractivity contribution in [1.82, 2.24) is 10.3 Å². The fraction of sp³-hybridized carbons (Fsp3) is 0.0952. The summed E-state index contributed by atoms with van der Waals surface area (Å²) in [6.45, 7) is 0.487. The zero-order valence-corrected chi connectivity index (χ0v) is 13.6. The van der Waals surface area contributed by atoms with Gasteiger partial charge in [0.05, 0.1) is 18.8 Å². The Morgan fingerprint density at radius 1 is 1.00 bits per heavy atom. The first-order chi connectivity index (χ1) is 12.3. The van der Waals surface area contributed by atoms with Gasteiger partial charge in [0, 0.05) is 22.7 Å². The van der Waals surface area contributed by atoms with Gasteiger partial charge < -0.3 is 9.40 Å². The van der Waals surface area contributed by atoms with Crippen LogP contribution in [0.5, 0.6) is 0 Å². The lowest BCUT2D eigenvalue weighted by atomic mass is 9.97. The van der Waals surface area contributed by atoms with Crippen LogP contribution in [0.1, 0.15) is 27.7 Å². The summed E-state index contributed by atoms with van der Waals surface area (Å²) in [4.78, 5) is 16.4. The largest absolute Gasteiger partial charge is 0.468 e. The molecule has 2 aromatic carbocycles. The van der Waals surface area contributed by atoms with Gasteiger partial charge in [0.25, 0.3) is 0 Å². The maximum Gasteiger partial charge on any atom is 0.186 e. The number of para-hydroxylation sites is 1. The van der Waals surface area contributed by atoms with Crippen molar-refractivity contribution in [2.45, 2.75) is 12.6 Å². The van der Waals surface area contributed by atoms with E-state index in [1.807, 2.05) is 66.7 Å². The summed E-state index contributed by atoms with van der Waals surface area (Å²) < 4.78 is 5.38. The second-order valence-corrected chi connectivity index (χ2v) is 5.92. The van der Waals surface area contributed by atoms with E-state index in [0.717, 1.165) is 22.2 Å². The molecule has 0 aliphatic carbocycles. The van der Waals surface area contributed by atoms with Crippen LogP contribution in [0.3, 0.4) is 0 Å². The predicted molar refractivity (Wildman–Crippen MR) is 97.4 cm³/mol. The zero-order valence-electron chi connectivity index (χ0n) is 13.6. The first-order valence-corrected chi connectivity index (χ1v) is 8.24. The van der Waals surface area contributed by atoms with Gasteiger partial charge in [-0.1, -0.05) is 48.5 Å². The Morgan fingerprint density at radius 2 is 1.80 bits per heavy atom. The Labute approximate surface area is 145 Å². The average Bonchev–Trinajstić information content (AvgIpc) is 3.32. The zero-order chi connectivity index (χ0) is 17.1. The minimum Gasteiger partial charge on any atom is -0.468 e. The molecule has 0 radical (unpaired) electrons. The number of hydrogen-bond donors (Lipinski definition) is 2. The number of fused-ring (bicyclic) bond motifs is 1. The smallest absolute Gasteiger partial charge is 0.186 e. The molecular weight excluding hydrogens is 312 g/mol. The van der Waals surface area contributed by atoms with Gasteiger partial charge in [-0.25, -0.2) is 0 Å². The number of carbonyl (C=O) groups is 1. The Morgan fingerprint density at radius 3 is 2.60 bits per heavy atom. The molecule has 2 aromatic heterocycles. The van der Waals surface area contributed by atoms with Crippen molar-refractivity contribution < 1.29 is 9.21 Å². The van der Waals surface area contributed by atoms with Crippen LogP contribution in [0.4, 0.5) is 0 Å². The summed E-state index contributed by atoms with van der Waals surface area (Å²) in [6, 6.07) is 20.9. The third-order valence-electron chi connectivity index (χ3n) is 4.31. The van der Waals surface area contributed by atoms with Crippen molar-refractivity contribution in [3.63, 3.8) is 0 Å². The molecule has 0 saturated heterocycles. The van der Waals surface area contributed by atoms with E-state index in [4.69, 9.17) is 4.42 Å². The van der Waals surface area contributed by atoms with Crippen molar-refractivity contribution in [3.8, 4) is 0 Å². The van der Waals surface area contributed by atoms with Crippen LogP contribution >= 0.6 is 0 Å². The first kappa shape index (κ1) is 15.4. The van der Waals surface area contributed by atoms with Crippen LogP contribution in [0.15, 0.2) is 83.6 Å². The monoisotopic (exact) mass is 330 g/mol. The van der Waals surface area contributed by atoms with Gasteiger partial charge in [-0.15, -0.1) is 0 Å². The van der Waals surface area contributed by atoms with E-state index < -0.39 is 6.04 Å². The topological polar surface area (TPSA) is 58.0 Å². The summed E-state index contributed by atoms with van der Waals surface area (Å²) in [5, 5.41) is 4.27. The molecule has 2 N–H and O–H groups in total. The molecule has 0 spiro atoms. The highest BCUT2D eigenvalue weighted by Gasteiger charge is 2.24. The number of benzene rings is 2. The lowest BCUT2D eigenvalue weighted by molar-refractivity contribution is 0.0942. The Hall–Kier alpha value is -3.11. The highest BCUT2D eigenvalue weighted by atomic mass is 16.3. The van der Waals surface area contributed by atoms with Gasteiger partial charge in [-0.3, -0.25) is 10.1 Å². The number of rotatable bonds is 6. The van der Waals surface area contributed by atoms with Gasteiger partial charge in [0.15, 0.2) is 5.78 Å². The normalized spacial score (nSPS) is 12.3. The standard InChI is InChI=1S/C21H18N2O2/c24-21(18-14-22-19-11-5-4-10-17(18)19)20(15-7-2-1-3-8-15)23-13-16-9-6-12-25-16/h1-12,14,20,22-23H,13H2/t20-/m1/s1. The molecule has 4 nitrogen and oxygen atoms in total. The molecule has 25 heavy (non-hydrogen) atoms. The molecule has 0 bridgehead atoms. The highest BCUT2D eigenvalue weighted by molar-refractivity contribution is 6.10. The van der Waals surface area contributed by atoms with E-state index in [0.29, 0.717) is 12.1 Å². The quantitative estimate of drug-likeness (QED) is 0.513. The third-order valence-corrected chi connectivity index (χ3v) is 4.31. The number of H-pyrrole nitrogens is 1. The Balaban J connectivity index is 1.68. The Kier molecular flexibility index (Phi) is 4.19. The first-order valence-electron chi connectivity index (χ1n) is 8.24. The third kappa shape index (κ3) is 3.12. The number of aromatic amines is 1. The summed E-state index contributed by atoms with van der Waals surface area (Å²) in [5.41, 5.74) is 2.59. The van der Waals surface area contributed by atoms with Crippen molar-refractivity contribution in [2.75, 3.05) is 0 Å². The minimum atomic E-state index is -0.439. The van der Waals surface area contributed by atoms with Crippen LogP contribution in [-0.2, 0) is 6.54 Å². The summed E-state index contributed by atoms with van der Waals surface area (Å²) in [5.74, 6) is 0.836.